The molecule has 2 aliphatic rings. The third kappa shape index (κ3) is 4.79. The number of nitrogens with zero attached hydrogens (tertiary/aromatic N) is 2. The van der Waals surface area contributed by atoms with Crippen LogP contribution in [0.4, 0.5) is 0 Å². The van der Waals surface area contributed by atoms with Crippen LogP contribution in [-0.4, -0.2) is 67.1 Å². The standard InChI is InChI=1S/C19H30N4O/c1-16(23-13-9-20-10-14-23)19(24)21-18-7-11-22(12-8-18)15-17-5-3-2-4-6-17/h2-6,16,18,20H,7-15H2,1H3,(H,21,24). The van der Waals surface area contributed by atoms with Crippen molar-refractivity contribution in [3.05, 3.63) is 35.9 Å². The summed E-state index contributed by atoms with van der Waals surface area (Å²) < 4.78 is 0. The van der Waals surface area contributed by atoms with Crippen LogP contribution in [0.15, 0.2) is 30.3 Å². The molecule has 2 heterocycles. The number of hydrogen-bond donors (Lipinski definition) is 2. The number of hydrogen-bond acceptors (Lipinski definition) is 4. The monoisotopic (exact) mass is 330 g/mol. The molecule has 1 aromatic rings. The van der Waals surface area contributed by atoms with Crippen molar-refractivity contribution in [3.8, 4) is 0 Å². The van der Waals surface area contributed by atoms with Crippen LogP contribution in [0.5, 0.6) is 0 Å². The van der Waals surface area contributed by atoms with Crippen molar-refractivity contribution in [1.29, 1.82) is 0 Å². The Morgan fingerprint density at radius 2 is 1.83 bits per heavy atom. The average molecular weight is 330 g/mol. The second-order valence-corrected chi connectivity index (χ2v) is 7.01. The van der Waals surface area contributed by atoms with Gasteiger partial charge in [-0.1, -0.05) is 30.3 Å². The van der Waals surface area contributed by atoms with Crippen molar-refractivity contribution in [2.24, 2.45) is 0 Å². The van der Waals surface area contributed by atoms with E-state index in [0.717, 1.165) is 58.7 Å². The topological polar surface area (TPSA) is 47.6 Å². The van der Waals surface area contributed by atoms with Crippen LogP contribution >= 0.6 is 0 Å². The molecule has 0 radical (unpaired) electrons. The molecule has 0 aliphatic carbocycles. The Hall–Kier alpha value is -1.43. The molecule has 5 heteroatoms. The molecule has 0 spiro atoms. The van der Waals surface area contributed by atoms with Crippen LogP contribution in [-0.2, 0) is 11.3 Å². The number of rotatable bonds is 5. The van der Waals surface area contributed by atoms with Gasteiger partial charge in [-0.15, -0.1) is 0 Å². The van der Waals surface area contributed by atoms with Gasteiger partial charge in [0.25, 0.3) is 0 Å². The summed E-state index contributed by atoms with van der Waals surface area (Å²) in [5, 5.41) is 6.61. The highest BCUT2D eigenvalue weighted by molar-refractivity contribution is 5.81. The largest absolute Gasteiger partial charge is 0.352 e. The molecule has 2 fully saturated rings. The Kier molecular flexibility index (Phi) is 6.24. The van der Waals surface area contributed by atoms with Crippen molar-refractivity contribution in [2.45, 2.75) is 38.4 Å². The lowest BCUT2D eigenvalue weighted by Crippen LogP contribution is -2.55. The molecular formula is C19H30N4O. The maximum atomic E-state index is 12.5. The molecule has 2 saturated heterocycles. The van der Waals surface area contributed by atoms with Gasteiger partial charge in [-0.05, 0) is 25.3 Å². The van der Waals surface area contributed by atoms with Crippen molar-refractivity contribution >= 4 is 5.91 Å². The predicted octanol–water partition coefficient (Wildman–Crippen LogP) is 1.06. The number of nitrogens with one attached hydrogen (secondary N) is 2. The van der Waals surface area contributed by atoms with Gasteiger partial charge in [0, 0.05) is 51.9 Å². The fraction of sp³-hybridized carbons (Fsp3) is 0.632. The predicted molar refractivity (Wildman–Crippen MR) is 96.8 cm³/mol. The van der Waals surface area contributed by atoms with Crippen molar-refractivity contribution in [2.75, 3.05) is 39.3 Å². The molecule has 0 saturated carbocycles. The first-order valence-corrected chi connectivity index (χ1v) is 9.24. The zero-order valence-corrected chi connectivity index (χ0v) is 14.7. The number of carbonyl (C=O) groups is 1. The van der Waals surface area contributed by atoms with Gasteiger partial charge >= 0.3 is 0 Å². The van der Waals surface area contributed by atoms with E-state index in [1.165, 1.54) is 5.56 Å². The third-order valence-corrected chi connectivity index (χ3v) is 5.26. The maximum absolute atomic E-state index is 12.5. The number of piperazine rings is 1. The summed E-state index contributed by atoms with van der Waals surface area (Å²) in [6, 6.07) is 10.9. The van der Waals surface area contributed by atoms with Crippen LogP contribution in [0, 0.1) is 0 Å². The molecule has 5 nitrogen and oxygen atoms in total. The van der Waals surface area contributed by atoms with E-state index in [4.69, 9.17) is 0 Å². The lowest BCUT2D eigenvalue weighted by molar-refractivity contribution is -0.127. The van der Waals surface area contributed by atoms with Crippen molar-refractivity contribution in [3.63, 3.8) is 0 Å². The van der Waals surface area contributed by atoms with Crippen LogP contribution < -0.4 is 10.6 Å². The summed E-state index contributed by atoms with van der Waals surface area (Å²) >= 11 is 0. The molecule has 0 aromatic heterocycles. The lowest BCUT2D eigenvalue weighted by Gasteiger charge is -2.35. The molecule has 2 N–H and O–H groups in total. The molecule has 132 valence electrons. The maximum Gasteiger partial charge on any atom is 0.237 e. The van der Waals surface area contributed by atoms with E-state index in [9.17, 15) is 4.79 Å². The fourth-order valence-corrected chi connectivity index (χ4v) is 3.63. The first-order valence-electron chi connectivity index (χ1n) is 9.24. The number of likely N-dealkylation sites (tertiary alicyclic amines) is 1. The Balaban J connectivity index is 1.40. The van der Waals surface area contributed by atoms with Gasteiger partial charge in [-0.3, -0.25) is 14.6 Å². The number of carbonyl (C=O) groups excluding carboxylic acids is 1. The number of benzene rings is 1. The number of piperidine rings is 1. The SMILES string of the molecule is CC(C(=O)NC1CCN(Cc2ccccc2)CC1)N1CCNCC1. The van der Waals surface area contributed by atoms with Gasteiger partial charge in [0.1, 0.15) is 0 Å². The van der Waals surface area contributed by atoms with Crippen molar-refractivity contribution in [1.82, 2.24) is 20.4 Å². The zero-order valence-electron chi connectivity index (χ0n) is 14.7. The van der Waals surface area contributed by atoms with E-state index in [1.54, 1.807) is 0 Å². The summed E-state index contributed by atoms with van der Waals surface area (Å²) in [4.78, 5) is 17.3. The van der Waals surface area contributed by atoms with Crippen LogP contribution in [0.2, 0.25) is 0 Å². The number of amides is 1. The smallest absolute Gasteiger partial charge is 0.237 e. The van der Waals surface area contributed by atoms with E-state index in [-0.39, 0.29) is 11.9 Å². The molecular weight excluding hydrogens is 300 g/mol. The molecule has 1 amide bonds. The van der Waals surface area contributed by atoms with Crippen LogP contribution in [0.1, 0.15) is 25.3 Å². The van der Waals surface area contributed by atoms with Crippen LogP contribution in [0.3, 0.4) is 0 Å². The van der Waals surface area contributed by atoms with E-state index >= 15 is 0 Å². The quantitative estimate of drug-likeness (QED) is 0.848. The Morgan fingerprint density at radius 3 is 2.50 bits per heavy atom. The van der Waals surface area contributed by atoms with Crippen molar-refractivity contribution < 1.29 is 4.79 Å². The lowest BCUT2D eigenvalue weighted by atomic mass is 10.0. The molecule has 1 atom stereocenters. The average Bonchev–Trinajstić information content (AvgIpc) is 2.64. The first kappa shape index (κ1) is 17.4. The summed E-state index contributed by atoms with van der Waals surface area (Å²) in [7, 11) is 0. The van der Waals surface area contributed by atoms with Crippen LogP contribution in [0.25, 0.3) is 0 Å². The summed E-state index contributed by atoms with van der Waals surface area (Å²) in [5.74, 6) is 0.193. The van der Waals surface area contributed by atoms with E-state index in [1.807, 2.05) is 6.92 Å². The van der Waals surface area contributed by atoms with Gasteiger partial charge in [0.05, 0.1) is 6.04 Å². The van der Waals surface area contributed by atoms with Gasteiger partial charge < -0.3 is 10.6 Å². The Morgan fingerprint density at radius 1 is 1.17 bits per heavy atom. The van der Waals surface area contributed by atoms with E-state index < -0.39 is 0 Å². The second-order valence-electron chi connectivity index (χ2n) is 7.01. The first-order chi connectivity index (χ1) is 11.7. The summed E-state index contributed by atoms with van der Waals surface area (Å²) in [6.07, 6.45) is 2.10. The molecule has 3 rings (SSSR count). The molecule has 2 aliphatic heterocycles. The summed E-state index contributed by atoms with van der Waals surface area (Å²) in [6.45, 7) is 9.05. The van der Waals surface area contributed by atoms with E-state index in [2.05, 4.69) is 50.8 Å². The molecule has 1 aromatic carbocycles. The fourth-order valence-electron chi connectivity index (χ4n) is 3.63. The molecule has 1 unspecified atom stereocenters. The summed E-state index contributed by atoms with van der Waals surface area (Å²) in [5.41, 5.74) is 1.37. The minimum Gasteiger partial charge on any atom is -0.352 e. The third-order valence-electron chi connectivity index (χ3n) is 5.26. The normalized spacial score (nSPS) is 22.2. The highest BCUT2D eigenvalue weighted by Crippen LogP contribution is 2.14. The van der Waals surface area contributed by atoms with E-state index in [0.29, 0.717) is 6.04 Å². The zero-order chi connectivity index (χ0) is 16.8. The highest BCUT2D eigenvalue weighted by atomic mass is 16.2. The van der Waals surface area contributed by atoms with Gasteiger partial charge in [0.15, 0.2) is 0 Å². The Labute approximate surface area is 145 Å². The second kappa shape index (κ2) is 8.60. The highest BCUT2D eigenvalue weighted by Gasteiger charge is 2.26. The molecule has 0 bridgehead atoms. The van der Waals surface area contributed by atoms with Gasteiger partial charge in [-0.25, -0.2) is 0 Å². The Bertz CT molecular complexity index is 507. The molecule has 24 heavy (non-hydrogen) atoms. The minimum atomic E-state index is -0.0190. The minimum absolute atomic E-state index is 0.0190. The van der Waals surface area contributed by atoms with Gasteiger partial charge in [-0.2, -0.15) is 0 Å². The van der Waals surface area contributed by atoms with Gasteiger partial charge in [0.2, 0.25) is 5.91 Å².